The maximum atomic E-state index is 13.6. The van der Waals surface area contributed by atoms with E-state index in [2.05, 4.69) is 12.2 Å². The third-order valence-corrected chi connectivity index (χ3v) is 3.49. The van der Waals surface area contributed by atoms with Crippen LogP contribution in [0.5, 0.6) is 0 Å². The first-order valence-electron chi connectivity index (χ1n) is 5.54. The van der Waals surface area contributed by atoms with Gasteiger partial charge < -0.3 is 10.2 Å². The zero-order chi connectivity index (χ0) is 11.3. The lowest BCUT2D eigenvalue weighted by Crippen LogP contribution is -2.47. The van der Waals surface area contributed by atoms with Gasteiger partial charge in [0.1, 0.15) is 12.0 Å². The standard InChI is InChI=1S/C12H13FN2O/c1-7-5-6-15-11(7)14-9-4-2-3-8(13)10(9)12(15)16/h2-4,7,11,14H,5-6H2,1H3. The number of nitrogens with one attached hydrogen (secondary N) is 1. The molecule has 2 aliphatic rings. The topological polar surface area (TPSA) is 32.3 Å². The van der Waals surface area contributed by atoms with Crippen LogP contribution < -0.4 is 5.32 Å². The molecule has 0 spiro atoms. The number of hydrogen-bond acceptors (Lipinski definition) is 2. The third-order valence-electron chi connectivity index (χ3n) is 3.49. The largest absolute Gasteiger partial charge is 0.364 e. The molecule has 2 aliphatic heterocycles. The van der Waals surface area contributed by atoms with E-state index in [1.165, 1.54) is 6.07 Å². The van der Waals surface area contributed by atoms with Crippen molar-refractivity contribution in [2.24, 2.45) is 5.92 Å². The van der Waals surface area contributed by atoms with E-state index in [-0.39, 0.29) is 17.6 Å². The lowest BCUT2D eigenvalue weighted by Gasteiger charge is -2.34. The molecule has 2 heterocycles. The van der Waals surface area contributed by atoms with Gasteiger partial charge in [-0.3, -0.25) is 4.79 Å². The number of rotatable bonds is 0. The summed E-state index contributed by atoms with van der Waals surface area (Å²) in [6.45, 7) is 2.82. The van der Waals surface area contributed by atoms with Crippen molar-refractivity contribution in [1.29, 1.82) is 0 Å². The molecule has 1 aromatic carbocycles. The van der Waals surface area contributed by atoms with Crippen LogP contribution in [0.1, 0.15) is 23.7 Å². The van der Waals surface area contributed by atoms with Gasteiger partial charge in [-0.25, -0.2) is 4.39 Å². The van der Waals surface area contributed by atoms with Gasteiger partial charge in [0.15, 0.2) is 0 Å². The molecule has 0 aliphatic carbocycles. The molecule has 1 saturated heterocycles. The van der Waals surface area contributed by atoms with E-state index in [1.54, 1.807) is 17.0 Å². The molecule has 2 unspecified atom stereocenters. The average Bonchev–Trinajstić information content (AvgIpc) is 2.61. The first-order valence-corrected chi connectivity index (χ1v) is 5.54. The molecule has 4 heteroatoms. The predicted molar refractivity (Wildman–Crippen MR) is 58.6 cm³/mol. The van der Waals surface area contributed by atoms with Crippen LogP contribution in [0.25, 0.3) is 0 Å². The fourth-order valence-corrected chi connectivity index (χ4v) is 2.56. The van der Waals surface area contributed by atoms with Crippen molar-refractivity contribution < 1.29 is 9.18 Å². The second-order valence-electron chi connectivity index (χ2n) is 4.52. The summed E-state index contributed by atoms with van der Waals surface area (Å²) in [6, 6.07) is 4.72. The van der Waals surface area contributed by atoms with Crippen molar-refractivity contribution in [2.45, 2.75) is 19.5 Å². The van der Waals surface area contributed by atoms with Gasteiger partial charge in [0, 0.05) is 6.54 Å². The minimum absolute atomic E-state index is 0.0294. The maximum Gasteiger partial charge on any atom is 0.260 e. The summed E-state index contributed by atoms with van der Waals surface area (Å²) in [5.74, 6) is -0.199. The van der Waals surface area contributed by atoms with Crippen LogP contribution in [-0.2, 0) is 0 Å². The summed E-state index contributed by atoms with van der Waals surface area (Å²) in [4.78, 5) is 13.8. The molecule has 1 fully saturated rings. The highest BCUT2D eigenvalue weighted by molar-refractivity contribution is 6.02. The van der Waals surface area contributed by atoms with Crippen molar-refractivity contribution in [2.75, 3.05) is 11.9 Å². The van der Waals surface area contributed by atoms with Gasteiger partial charge in [-0.15, -0.1) is 0 Å². The number of fused-ring (bicyclic) bond motifs is 2. The molecule has 0 bridgehead atoms. The molecular formula is C12H13FN2O. The van der Waals surface area contributed by atoms with E-state index < -0.39 is 5.82 Å². The molecule has 0 radical (unpaired) electrons. The zero-order valence-corrected chi connectivity index (χ0v) is 9.03. The Kier molecular flexibility index (Phi) is 1.93. The van der Waals surface area contributed by atoms with E-state index in [1.807, 2.05) is 0 Å². The average molecular weight is 220 g/mol. The van der Waals surface area contributed by atoms with E-state index >= 15 is 0 Å². The Hall–Kier alpha value is -1.58. The number of amides is 1. The van der Waals surface area contributed by atoms with Gasteiger partial charge in [0.25, 0.3) is 5.91 Å². The van der Waals surface area contributed by atoms with Gasteiger partial charge in [-0.2, -0.15) is 0 Å². The molecular weight excluding hydrogens is 207 g/mol. The van der Waals surface area contributed by atoms with Crippen molar-refractivity contribution in [3.8, 4) is 0 Å². The highest BCUT2D eigenvalue weighted by Gasteiger charge is 2.40. The minimum Gasteiger partial charge on any atom is -0.364 e. The molecule has 16 heavy (non-hydrogen) atoms. The molecule has 0 aromatic heterocycles. The molecule has 84 valence electrons. The van der Waals surface area contributed by atoms with Gasteiger partial charge in [0.05, 0.1) is 11.3 Å². The summed E-state index contributed by atoms with van der Waals surface area (Å²) in [5, 5.41) is 3.24. The van der Waals surface area contributed by atoms with Crippen LogP contribution in [0.3, 0.4) is 0 Å². The first kappa shape index (κ1) is 9.63. The fraction of sp³-hybridized carbons (Fsp3) is 0.417. The van der Waals surface area contributed by atoms with Crippen molar-refractivity contribution >= 4 is 11.6 Å². The van der Waals surface area contributed by atoms with Gasteiger partial charge >= 0.3 is 0 Å². The van der Waals surface area contributed by atoms with Crippen LogP contribution in [-0.4, -0.2) is 23.5 Å². The Morgan fingerprint density at radius 2 is 2.31 bits per heavy atom. The Labute approximate surface area is 93.2 Å². The second kappa shape index (κ2) is 3.20. The van der Waals surface area contributed by atoms with E-state index in [0.717, 1.165) is 6.42 Å². The SMILES string of the molecule is CC1CCN2C(=O)c3c(F)cccc3NC12. The number of anilines is 1. The maximum absolute atomic E-state index is 13.6. The number of halogens is 1. The number of carbonyl (C=O) groups excluding carboxylic acids is 1. The molecule has 1 N–H and O–H groups in total. The summed E-state index contributed by atoms with van der Waals surface area (Å²) >= 11 is 0. The van der Waals surface area contributed by atoms with Crippen LogP contribution >= 0.6 is 0 Å². The highest BCUT2D eigenvalue weighted by Crippen LogP contribution is 2.34. The molecule has 3 rings (SSSR count). The van der Waals surface area contributed by atoms with Crippen LogP contribution in [0, 0.1) is 11.7 Å². The summed E-state index contributed by atoms with van der Waals surface area (Å²) in [6.07, 6.45) is 1.00. The Balaban J connectivity index is 2.10. The Bertz CT molecular complexity index is 460. The number of nitrogens with zero attached hydrogens (tertiary/aromatic N) is 1. The molecule has 1 aromatic rings. The normalized spacial score (nSPS) is 27.4. The lowest BCUT2D eigenvalue weighted by atomic mass is 10.0. The van der Waals surface area contributed by atoms with Crippen LogP contribution in [0.4, 0.5) is 10.1 Å². The van der Waals surface area contributed by atoms with Crippen LogP contribution in [0.15, 0.2) is 18.2 Å². The summed E-state index contributed by atoms with van der Waals surface area (Å²) in [7, 11) is 0. The summed E-state index contributed by atoms with van der Waals surface area (Å²) < 4.78 is 13.6. The van der Waals surface area contributed by atoms with Crippen molar-refractivity contribution in [1.82, 2.24) is 4.90 Å². The van der Waals surface area contributed by atoms with Gasteiger partial charge in [0.2, 0.25) is 0 Å². The molecule has 0 saturated carbocycles. The summed E-state index contributed by atoms with van der Waals surface area (Å²) in [5.41, 5.74) is 0.813. The number of carbonyl (C=O) groups is 1. The lowest BCUT2D eigenvalue weighted by molar-refractivity contribution is 0.0722. The number of benzene rings is 1. The Morgan fingerprint density at radius 3 is 3.12 bits per heavy atom. The van der Waals surface area contributed by atoms with E-state index in [4.69, 9.17) is 0 Å². The molecule has 3 nitrogen and oxygen atoms in total. The molecule has 2 atom stereocenters. The van der Waals surface area contributed by atoms with Gasteiger partial charge in [-0.05, 0) is 24.5 Å². The third kappa shape index (κ3) is 1.16. The van der Waals surface area contributed by atoms with Crippen LogP contribution in [0.2, 0.25) is 0 Å². The van der Waals surface area contributed by atoms with Gasteiger partial charge in [-0.1, -0.05) is 13.0 Å². The van der Waals surface area contributed by atoms with Crippen molar-refractivity contribution in [3.05, 3.63) is 29.6 Å². The molecule has 1 amide bonds. The van der Waals surface area contributed by atoms with E-state index in [9.17, 15) is 9.18 Å². The highest BCUT2D eigenvalue weighted by atomic mass is 19.1. The van der Waals surface area contributed by atoms with E-state index in [0.29, 0.717) is 18.2 Å². The Morgan fingerprint density at radius 1 is 1.50 bits per heavy atom. The zero-order valence-electron chi connectivity index (χ0n) is 9.03. The first-order chi connectivity index (χ1) is 7.68. The monoisotopic (exact) mass is 220 g/mol. The number of hydrogen-bond donors (Lipinski definition) is 1. The fourth-order valence-electron chi connectivity index (χ4n) is 2.56. The second-order valence-corrected chi connectivity index (χ2v) is 4.52. The smallest absolute Gasteiger partial charge is 0.260 e. The van der Waals surface area contributed by atoms with Crippen molar-refractivity contribution in [3.63, 3.8) is 0 Å². The predicted octanol–water partition coefficient (Wildman–Crippen LogP) is 2.06. The quantitative estimate of drug-likeness (QED) is 0.725. The minimum atomic E-state index is -0.437.